The van der Waals surface area contributed by atoms with Crippen LogP contribution in [0.5, 0.6) is 11.5 Å². The van der Waals surface area contributed by atoms with Gasteiger partial charge in [0, 0.05) is 5.75 Å². The number of amides is 1. The second kappa shape index (κ2) is 14.2. The number of thioether (sulfide) groups is 1. The van der Waals surface area contributed by atoms with Crippen LogP contribution in [0.15, 0.2) is 53.6 Å². The fourth-order valence-corrected chi connectivity index (χ4v) is 3.80. The average molecular weight is 524 g/mol. The minimum absolute atomic E-state index is 0.191. The summed E-state index contributed by atoms with van der Waals surface area (Å²) in [6.45, 7) is 2.04. The SMILES string of the molecule is CCOc1ccc(N(CC(=O)NN=Cc2ccc(OCC(=O)OCCSC)cc2)S(C)(=O)=O)cc1. The van der Waals surface area contributed by atoms with Gasteiger partial charge in [0.05, 0.1) is 24.8 Å². The van der Waals surface area contributed by atoms with Crippen molar-refractivity contribution >= 4 is 45.6 Å². The number of nitrogens with one attached hydrogen (secondary N) is 1. The Morgan fingerprint density at radius 3 is 2.29 bits per heavy atom. The van der Waals surface area contributed by atoms with E-state index in [-0.39, 0.29) is 6.61 Å². The van der Waals surface area contributed by atoms with Crippen molar-refractivity contribution in [2.24, 2.45) is 5.10 Å². The van der Waals surface area contributed by atoms with Crippen LogP contribution in [-0.2, 0) is 24.3 Å². The van der Waals surface area contributed by atoms with E-state index < -0.39 is 28.4 Å². The Morgan fingerprint density at radius 1 is 1.06 bits per heavy atom. The van der Waals surface area contributed by atoms with Crippen LogP contribution in [0.3, 0.4) is 0 Å². The van der Waals surface area contributed by atoms with Gasteiger partial charge in [-0.2, -0.15) is 16.9 Å². The summed E-state index contributed by atoms with van der Waals surface area (Å²) in [4.78, 5) is 23.9. The van der Waals surface area contributed by atoms with Crippen molar-refractivity contribution in [2.75, 3.05) is 48.9 Å². The van der Waals surface area contributed by atoms with Crippen LogP contribution in [-0.4, -0.2) is 71.1 Å². The molecule has 12 heteroatoms. The molecule has 0 bridgehead atoms. The number of sulfonamides is 1. The lowest BCUT2D eigenvalue weighted by Crippen LogP contribution is -2.39. The van der Waals surface area contributed by atoms with E-state index in [9.17, 15) is 18.0 Å². The largest absolute Gasteiger partial charge is 0.494 e. The van der Waals surface area contributed by atoms with Gasteiger partial charge in [-0.3, -0.25) is 9.10 Å². The lowest BCUT2D eigenvalue weighted by molar-refractivity contribution is -0.145. The van der Waals surface area contributed by atoms with E-state index >= 15 is 0 Å². The standard InChI is InChI=1S/C23H29N3O7S2/c1-4-31-20-11-7-19(8-12-20)26(35(3,29)30)16-22(27)25-24-15-18-5-9-21(10-6-18)33-17-23(28)32-13-14-34-2/h5-12,15H,4,13-14,16-17H2,1-3H3,(H,25,27). The van der Waals surface area contributed by atoms with E-state index in [4.69, 9.17) is 14.2 Å². The van der Waals surface area contributed by atoms with E-state index in [1.165, 1.54) is 6.21 Å². The number of carbonyl (C=O) groups excluding carboxylic acids is 2. The van der Waals surface area contributed by atoms with Crippen molar-refractivity contribution < 1.29 is 32.2 Å². The summed E-state index contributed by atoms with van der Waals surface area (Å²) in [5, 5.41) is 3.87. The van der Waals surface area contributed by atoms with Gasteiger partial charge in [0.1, 0.15) is 24.7 Å². The summed E-state index contributed by atoms with van der Waals surface area (Å²) in [7, 11) is -3.71. The second-order valence-electron chi connectivity index (χ2n) is 7.06. The lowest BCUT2D eigenvalue weighted by Gasteiger charge is -2.21. The zero-order valence-corrected chi connectivity index (χ0v) is 21.4. The van der Waals surface area contributed by atoms with Crippen molar-refractivity contribution in [3.8, 4) is 11.5 Å². The Labute approximate surface area is 209 Å². The molecule has 1 amide bonds. The number of benzene rings is 2. The Kier molecular flexibility index (Phi) is 11.4. The summed E-state index contributed by atoms with van der Waals surface area (Å²) in [5.41, 5.74) is 3.31. The minimum atomic E-state index is -3.71. The van der Waals surface area contributed by atoms with Gasteiger partial charge in [-0.1, -0.05) is 0 Å². The molecule has 0 heterocycles. The molecule has 10 nitrogen and oxygen atoms in total. The summed E-state index contributed by atoms with van der Waals surface area (Å²) >= 11 is 1.58. The molecule has 0 fully saturated rings. The molecule has 0 aliphatic heterocycles. The number of nitrogens with zero attached hydrogens (tertiary/aromatic N) is 2. The second-order valence-corrected chi connectivity index (χ2v) is 9.95. The number of esters is 1. The molecular weight excluding hydrogens is 494 g/mol. The number of rotatable bonds is 14. The smallest absolute Gasteiger partial charge is 0.344 e. The molecule has 2 aromatic carbocycles. The van der Waals surface area contributed by atoms with E-state index in [1.807, 2.05) is 13.2 Å². The minimum Gasteiger partial charge on any atom is -0.494 e. The third-order valence-corrected chi connectivity index (χ3v) is 6.03. The maximum atomic E-state index is 12.3. The number of hydrogen-bond donors (Lipinski definition) is 1. The first-order valence-corrected chi connectivity index (χ1v) is 13.9. The predicted molar refractivity (Wildman–Crippen MR) is 137 cm³/mol. The molecule has 0 spiro atoms. The van der Waals surface area contributed by atoms with Crippen molar-refractivity contribution in [2.45, 2.75) is 6.92 Å². The quantitative estimate of drug-likeness (QED) is 0.173. The summed E-state index contributed by atoms with van der Waals surface area (Å²) in [6.07, 6.45) is 4.35. The first-order chi connectivity index (χ1) is 16.7. The molecule has 1 N–H and O–H groups in total. The van der Waals surface area contributed by atoms with Crippen LogP contribution in [0.25, 0.3) is 0 Å². The number of hydrazone groups is 1. The van der Waals surface area contributed by atoms with Gasteiger partial charge >= 0.3 is 5.97 Å². The van der Waals surface area contributed by atoms with Crippen LogP contribution in [0.1, 0.15) is 12.5 Å². The average Bonchev–Trinajstić information content (AvgIpc) is 2.82. The van der Waals surface area contributed by atoms with E-state index in [1.54, 1.807) is 60.3 Å². The highest BCUT2D eigenvalue weighted by molar-refractivity contribution is 7.98. The van der Waals surface area contributed by atoms with Crippen LogP contribution >= 0.6 is 11.8 Å². The van der Waals surface area contributed by atoms with Gasteiger partial charge in [0.2, 0.25) is 10.0 Å². The highest BCUT2D eigenvalue weighted by Crippen LogP contribution is 2.21. The van der Waals surface area contributed by atoms with E-state index in [2.05, 4.69) is 10.5 Å². The molecule has 0 aliphatic rings. The fraction of sp³-hybridized carbons (Fsp3) is 0.348. The van der Waals surface area contributed by atoms with Crippen LogP contribution < -0.4 is 19.2 Å². The normalized spacial score (nSPS) is 11.2. The maximum Gasteiger partial charge on any atom is 0.344 e. The van der Waals surface area contributed by atoms with Gasteiger partial charge in [-0.05, 0) is 67.3 Å². The molecule has 0 aromatic heterocycles. The van der Waals surface area contributed by atoms with Gasteiger partial charge in [0.25, 0.3) is 5.91 Å². The van der Waals surface area contributed by atoms with Crippen molar-refractivity contribution in [1.82, 2.24) is 5.43 Å². The third-order valence-electron chi connectivity index (χ3n) is 4.31. The van der Waals surface area contributed by atoms with Gasteiger partial charge < -0.3 is 14.2 Å². The molecule has 0 unspecified atom stereocenters. The molecule has 0 aliphatic carbocycles. The molecule has 190 valence electrons. The molecule has 35 heavy (non-hydrogen) atoms. The van der Waals surface area contributed by atoms with Gasteiger partial charge in [-0.25, -0.2) is 18.6 Å². The highest BCUT2D eigenvalue weighted by atomic mass is 32.2. The van der Waals surface area contributed by atoms with Gasteiger partial charge in [-0.15, -0.1) is 0 Å². The molecule has 0 radical (unpaired) electrons. The molecule has 2 aromatic rings. The molecule has 0 saturated carbocycles. The zero-order chi connectivity index (χ0) is 25.7. The van der Waals surface area contributed by atoms with Crippen molar-refractivity contribution in [1.29, 1.82) is 0 Å². The Hall–Kier alpha value is -3.25. The van der Waals surface area contributed by atoms with E-state index in [0.29, 0.717) is 36.0 Å². The first-order valence-electron chi connectivity index (χ1n) is 10.6. The Balaban J connectivity index is 1.88. The summed E-state index contributed by atoms with van der Waals surface area (Å²) < 4.78 is 41.1. The molecule has 2 rings (SSSR count). The topological polar surface area (TPSA) is 124 Å². The number of ether oxygens (including phenoxy) is 3. The van der Waals surface area contributed by atoms with Crippen molar-refractivity contribution in [3.63, 3.8) is 0 Å². The van der Waals surface area contributed by atoms with E-state index in [0.717, 1.165) is 16.3 Å². The molecular formula is C23H29N3O7S2. The number of anilines is 1. The highest BCUT2D eigenvalue weighted by Gasteiger charge is 2.20. The first kappa shape index (κ1) is 28.0. The fourth-order valence-electron chi connectivity index (χ4n) is 2.69. The van der Waals surface area contributed by atoms with Crippen molar-refractivity contribution in [3.05, 3.63) is 54.1 Å². The zero-order valence-electron chi connectivity index (χ0n) is 19.8. The number of carbonyl (C=O) groups is 2. The van der Waals surface area contributed by atoms with Gasteiger partial charge in [0.15, 0.2) is 6.61 Å². The van der Waals surface area contributed by atoms with Crippen LogP contribution in [0.2, 0.25) is 0 Å². The molecule has 0 saturated heterocycles. The maximum absolute atomic E-state index is 12.3. The summed E-state index contributed by atoms with van der Waals surface area (Å²) in [6, 6.07) is 13.1. The monoisotopic (exact) mass is 523 g/mol. The Morgan fingerprint density at radius 2 is 1.69 bits per heavy atom. The lowest BCUT2D eigenvalue weighted by atomic mass is 10.2. The van der Waals surface area contributed by atoms with Crippen LogP contribution in [0, 0.1) is 0 Å². The summed E-state index contributed by atoms with van der Waals surface area (Å²) in [5.74, 6) is 0.749. The Bertz CT molecular complexity index is 1090. The molecule has 0 atom stereocenters. The van der Waals surface area contributed by atoms with Crippen LogP contribution in [0.4, 0.5) is 5.69 Å². The predicted octanol–water partition coefficient (Wildman–Crippen LogP) is 2.29. The third kappa shape index (κ3) is 10.3. The number of hydrogen-bond acceptors (Lipinski definition) is 9.